The van der Waals surface area contributed by atoms with Crippen molar-refractivity contribution in [3.63, 3.8) is 0 Å². The summed E-state index contributed by atoms with van der Waals surface area (Å²) in [5, 5.41) is 17.7. The van der Waals surface area contributed by atoms with E-state index >= 15 is 0 Å². The van der Waals surface area contributed by atoms with Crippen molar-refractivity contribution in [3.05, 3.63) is 154 Å². The van der Waals surface area contributed by atoms with Gasteiger partial charge in [-0.1, -0.05) is 103 Å². The van der Waals surface area contributed by atoms with E-state index in [0.717, 1.165) is 44.4 Å². The van der Waals surface area contributed by atoms with Crippen molar-refractivity contribution in [3.8, 4) is 22.5 Å². The fourth-order valence-corrected chi connectivity index (χ4v) is 5.43. The Bertz CT molecular complexity index is 2010. The number of amidine groups is 2. The first-order valence-electron chi connectivity index (χ1n) is 13.6. The van der Waals surface area contributed by atoms with Crippen LogP contribution in [-0.2, 0) is 13.1 Å². The number of aromatic nitrogens is 2. The van der Waals surface area contributed by atoms with Crippen molar-refractivity contribution < 1.29 is 0 Å². The van der Waals surface area contributed by atoms with Gasteiger partial charge in [-0.2, -0.15) is 0 Å². The van der Waals surface area contributed by atoms with Crippen LogP contribution in [0.1, 0.15) is 22.3 Å². The topological polar surface area (TPSA) is 127 Å². The molecule has 0 saturated heterocycles. The van der Waals surface area contributed by atoms with Crippen molar-refractivity contribution in [1.29, 1.82) is 10.8 Å². The van der Waals surface area contributed by atoms with Gasteiger partial charge in [-0.05, 0) is 40.1 Å². The summed E-state index contributed by atoms with van der Waals surface area (Å²) in [4.78, 5) is 14.4. The third kappa shape index (κ3) is 5.11. The predicted molar refractivity (Wildman–Crippen MR) is 170 cm³/mol. The molecule has 0 amide bonds. The number of fused-ring (bicyclic) bond motifs is 1. The van der Waals surface area contributed by atoms with Gasteiger partial charge < -0.3 is 11.5 Å². The van der Waals surface area contributed by atoms with Gasteiger partial charge in [0.05, 0.1) is 24.5 Å². The fraction of sp³-hybridized carbons (Fsp3) is 0.0571. The molecule has 0 radical (unpaired) electrons. The minimum Gasteiger partial charge on any atom is -0.384 e. The number of hydrogen-bond donors (Lipinski definition) is 4. The van der Waals surface area contributed by atoms with E-state index in [2.05, 4.69) is 6.07 Å². The van der Waals surface area contributed by atoms with Crippen molar-refractivity contribution in [2.75, 3.05) is 0 Å². The zero-order valence-corrected chi connectivity index (χ0v) is 22.9. The van der Waals surface area contributed by atoms with Crippen LogP contribution in [0.4, 0.5) is 0 Å². The standard InChI is InChI=1S/C35H30N6O/c36-33(37)28-13-7-8-23(18-28)21-40-31(26-9-3-1-4-10-26)32(27-11-5-2-6-12-27)41(35(40)42)22-24-14-15-25-16-17-29(34(38)39)20-30(25)19-24/h1-20H,21-22H2,(H3,36,37)(H3,38,39). The zero-order chi connectivity index (χ0) is 29.2. The molecular weight excluding hydrogens is 520 g/mol. The Hall–Kier alpha value is -5.69. The van der Waals surface area contributed by atoms with Crippen molar-refractivity contribution in [2.24, 2.45) is 11.5 Å². The van der Waals surface area contributed by atoms with Crippen LogP contribution in [0.15, 0.2) is 126 Å². The van der Waals surface area contributed by atoms with Crippen LogP contribution < -0.4 is 17.2 Å². The van der Waals surface area contributed by atoms with E-state index in [1.54, 1.807) is 6.07 Å². The number of hydrogen-bond acceptors (Lipinski definition) is 3. The Morgan fingerprint density at radius 1 is 0.548 bits per heavy atom. The first-order chi connectivity index (χ1) is 20.4. The molecule has 1 aromatic heterocycles. The molecule has 0 aliphatic heterocycles. The molecule has 0 saturated carbocycles. The Balaban J connectivity index is 1.56. The van der Waals surface area contributed by atoms with E-state index in [-0.39, 0.29) is 17.4 Å². The number of benzene rings is 5. The lowest BCUT2D eigenvalue weighted by molar-refractivity contribution is 0.689. The summed E-state index contributed by atoms with van der Waals surface area (Å²) in [6, 6.07) is 39.2. The molecule has 5 aromatic carbocycles. The van der Waals surface area contributed by atoms with Gasteiger partial charge in [0.15, 0.2) is 0 Å². The Labute approximate surface area is 243 Å². The first kappa shape index (κ1) is 26.5. The van der Waals surface area contributed by atoms with Crippen LogP contribution in [-0.4, -0.2) is 20.8 Å². The summed E-state index contributed by atoms with van der Waals surface area (Å²) < 4.78 is 3.65. The van der Waals surface area contributed by atoms with Crippen LogP contribution in [0.25, 0.3) is 33.3 Å². The lowest BCUT2D eigenvalue weighted by atomic mass is 10.0. The van der Waals surface area contributed by atoms with Crippen molar-refractivity contribution in [1.82, 2.24) is 9.13 Å². The van der Waals surface area contributed by atoms with E-state index in [1.807, 2.05) is 118 Å². The van der Waals surface area contributed by atoms with Gasteiger partial charge in [-0.15, -0.1) is 0 Å². The predicted octanol–water partition coefficient (Wildman–Crippen LogP) is 5.80. The van der Waals surface area contributed by atoms with E-state index in [4.69, 9.17) is 22.3 Å². The summed E-state index contributed by atoms with van der Waals surface area (Å²) in [5.74, 6) is 0.00238. The molecule has 42 heavy (non-hydrogen) atoms. The van der Waals surface area contributed by atoms with Crippen LogP contribution in [0.5, 0.6) is 0 Å². The summed E-state index contributed by atoms with van der Waals surface area (Å²) in [5.41, 5.74) is 18.0. The van der Waals surface area contributed by atoms with Gasteiger partial charge in [0.25, 0.3) is 0 Å². The molecule has 0 unspecified atom stereocenters. The van der Waals surface area contributed by atoms with Gasteiger partial charge in [-0.25, -0.2) is 4.79 Å². The molecule has 0 aliphatic carbocycles. The third-order valence-electron chi connectivity index (χ3n) is 7.46. The van der Waals surface area contributed by atoms with E-state index in [9.17, 15) is 4.79 Å². The van der Waals surface area contributed by atoms with Gasteiger partial charge in [0.2, 0.25) is 0 Å². The average Bonchev–Trinajstić information content (AvgIpc) is 3.28. The highest BCUT2D eigenvalue weighted by Gasteiger charge is 2.23. The number of nitrogens with two attached hydrogens (primary N) is 2. The molecule has 6 N–H and O–H groups in total. The largest absolute Gasteiger partial charge is 0.384 e. The SMILES string of the molecule is N=C(N)c1cccc(Cn2c(-c3ccccc3)c(-c3ccccc3)n(Cc3ccc4ccc(C(=N)N)cc4c3)c2=O)c1. The highest BCUT2D eigenvalue weighted by atomic mass is 16.1. The van der Waals surface area contributed by atoms with Crippen LogP contribution in [0.3, 0.4) is 0 Å². The van der Waals surface area contributed by atoms with E-state index in [0.29, 0.717) is 24.2 Å². The highest BCUT2D eigenvalue weighted by Crippen LogP contribution is 2.33. The number of imidazole rings is 1. The average molecular weight is 551 g/mol. The normalized spacial score (nSPS) is 11.0. The van der Waals surface area contributed by atoms with E-state index in [1.165, 1.54) is 0 Å². The minimum absolute atomic E-state index is 0.0146. The summed E-state index contributed by atoms with van der Waals surface area (Å²) >= 11 is 0. The molecule has 0 fully saturated rings. The van der Waals surface area contributed by atoms with Gasteiger partial charge in [0.1, 0.15) is 11.7 Å². The van der Waals surface area contributed by atoms with Gasteiger partial charge >= 0.3 is 5.69 Å². The second kappa shape index (κ2) is 11.1. The number of nitrogen functional groups attached to an aromatic ring is 2. The lowest BCUT2D eigenvalue weighted by Gasteiger charge is -2.13. The highest BCUT2D eigenvalue weighted by molar-refractivity contribution is 5.99. The lowest BCUT2D eigenvalue weighted by Crippen LogP contribution is -2.26. The number of nitrogens with one attached hydrogen (secondary N) is 2. The molecular formula is C35H30N6O. The van der Waals surface area contributed by atoms with Gasteiger partial charge in [0, 0.05) is 22.3 Å². The maximum absolute atomic E-state index is 14.4. The molecule has 0 bridgehead atoms. The summed E-state index contributed by atoms with van der Waals surface area (Å²) in [6.07, 6.45) is 0. The minimum atomic E-state index is -0.140. The maximum Gasteiger partial charge on any atom is 0.329 e. The van der Waals surface area contributed by atoms with Crippen LogP contribution in [0, 0.1) is 10.8 Å². The quantitative estimate of drug-likeness (QED) is 0.141. The summed E-state index contributed by atoms with van der Waals surface area (Å²) in [6.45, 7) is 0.667. The monoisotopic (exact) mass is 550 g/mol. The van der Waals surface area contributed by atoms with Crippen LogP contribution >= 0.6 is 0 Å². The third-order valence-corrected chi connectivity index (χ3v) is 7.46. The van der Waals surface area contributed by atoms with Gasteiger partial charge in [-0.3, -0.25) is 20.0 Å². The number of rotatable bonds is 8. The first-order valence-corrected chi connectivity index (χ1v) is 13.6. The molecule has 6 rings (SSSR count). The van der Waals surface area contributed by atoms with Crippen molar-refractivity contribution >= 4 is 22.4 Å². The second-order valence-electron chi connectivity index (χ2n) is 10.3. The Morgan fingerprint density at radius 3 is 1.64 bits per heavy atom. The molecule has 0 aliphatic rings. The molecule has 0 spiro atoms. The van der Waals surface area contributed by atoms with Crippen LogP contribution in [0.2, 0.25) is 0 Å². The molecule has 7 heteroatoms. The number of nitrogens with zero attached hydrogens (tertiary/aromatic N) is 2. The maximum atomic E-state index is 14.4. The zero-order valence-electron chi connectivity index (χ0n) is 22.9. The summed E-state index contributed by atoms with van der Waals surface area (Å²) in [7, 11) is 0. The Kier molecular flexibility index (Phi) is 6.98. The van der Waals surface area contributed by atoms with Crippen molar-refractivity contribution in [2.45, 2.75) is 13.1 Å². The molecule has 7 nitrogen and oxygen atoms in total. The smallest absolute Gasteiger partial charge is 0.329 e. The molecule has 0 atom stereocenters. The second-order valence-corrected chi connectivity index (χ2v) is 10.3. The molecule has 206 valence electrons. The molecule has 6 aromatic rings. The Morgan fingerprint density at radius 2 is 1.07 bits per heavy atom. The fourth-order valence-electron chi connectivity index (χ4n) is 5.43. The molecule has 1 heterocycles. The van der Waals surface area contributed by atoms with E-state index < -0.39 is 0 Å².